The van der Waals surface area contributed by atoms with Crippen LogP contribution in [0.25, 0.3) is 11.4 Å². The number of benzene rings is 2. The van der Waals surface area contributed by atoms with Crippen LogP contribution in [0.1, 0.15) is 24.3 Å². The number of methoxy groups -OCH3 is 1. The van der Waals surface area contributed by atoms with Crippen LogP contribution in [-0.2, 0) is 17.8 Å². The number of amides is 1. The predicted molar refractivity (Wildman–Crippen MR) is 102 cm³/mol. The minimum absolute atomic E-state index is 0.0913. The van der Waals surface area contributed by atoms with Gasteiger partial charge in [-0.2, -0.15) is 4.98 Å². The minimum atomic E-state index is 0.0913. The molecule has 0 fully saturated rings. The van der Waals surface area contributed by atoms with Gasteiger partial charge in [-0.25, -0.2) is 0 Å². The first kappa shape index (κ1) is 18.6. The number of carbonyl (C=O) groups is 1. The first-order valence-corrected chi connectivity index (χ1v) is 8.90. The van der Waals surface area contributed by atoms with Crippen LogP contribution in [0.4, 0.5) is 0 Å². The van der Waals surface area contributed by atoms with Crippen LogP contribution in [0, 0.1) is 0 Å². The summed E-state index contributed by atoms with van der Waals surface area (Å²) in [6.45, 7) is 0.571. The van der Waals surface area contributed by atoms with Crippen molar-refractivity contribution < 1.29 is 14.1 Å². The molecule has 0 saturated heterocycles. The lowest BCUT2D eigenvalue weighted by Gasteiger charge is -2.17. The lowest BCUT2D eigenvalue weighted by atomic mass is 10.2. The highest BCUT2D eigenvalue weighted by atomic mass is 16.5. The Morgan fingerprint density at radius 3 is 2.56 bits per heavy atom. The van der Waals surface area contributed by atoms with Crippen molar-refractivity contribution in [2.24, 2.45) is 0 Å². The third kappa shape index (κ3) is 5.17. The molecule has 0 atom stereocenters. The van der Waals surface area contributed by atoms with Crippen molar-refractivity contribution in [3.8, 4) is 17.1 Å². The first-order valence-electron chi connectivity index (χ1n) is 8.90. The summed E-state index contributed by atoms with van der Waals surface area (Å²) in [7, 11) is 3.45. The second-order valence-electron chi connectivity index (χ2n) is 6.33. The number of hydrogen-bond acceptors (Lipinski definition) is 5. The number of aromatic nitrogens is 2. The van der Waals surface area contributed by atoms with Gasteiger partial charge in [-0.05, 0) is 24.1 Å². The zero-order valence-corrected chi connectivity index (χ0v) is 15.6. The van der Waals surface area contributed by atoms with E-state index < -0.39 is 0 Å². The van der Waals surface area contributed by atoms with Crippen molar-refractivity contribution in [2.45, 2.75) is 25.8 Å². The topological polar surface area (TPSA) is 68.5 Å². The van der Waals surface area contributed by atoms with Gasteiger partial charge in [-0.15, -0.1) is 0 Å². The average molecular weight is 365 g/mol. The third-order valence-corrected chi connectivity index (χ3v) is 4.29. The minimum Gasteiger partial charge on any atom is -0.497 e. The zero-order chi connectivity index (χ0) is 19.1. The van der Waals surface area contributed by atoms with E-state index in [0.717, 1.165) is 16.9 Å². The van der Waals surface area contributed by atoms with Crippen molar-refractivity contribution in [3.63, 3.8) is 0 Å². The maximum atomic E-state index is 12.3. The van der Waals surface area contributed by atoms with Gasteiger partial charge in [0.1, 0.15) is 5.75 Å². The van der Waals surface area contributed by atoms with Crippen LogP contribution >= 0.6 is 0 Å². The molecule has 0 N–H and O–H groups in total. The molecule has 27 heavy (non-hydrogen) atoms. The highest BCUT2D eigenvalue weighted by Gasteiger charge is 2.12. The Morgan fingerprint density at radius 2 is 1.85 bits per heavy atom. The molecule has 3 aromatic rings. The van der Waals surface area contributed by atoms with Gasteiger partial charge in [-0.1, -0.05) is 47.6 Å². The van der Waals surface area contributed by atoms with E-state index >= 15 is 0 Å². The second-order valence-corrected chi connectivity index (χ2v) is 6.33. The Morgan fingerprint density at radius 1 is 1.11 bits per heavy atom. The van der Waals surface area contributed by atoms with Gasteiger partial charge in [0.05, 0.1) is 7.11 Å². The molecule has 0 saturated carbocycles. The monoisotopic (exact) mass is 365 g/mol. The van der Waals surface area contributed by atoms with Gasteiger partial charge in [0.25, 0.3) is 0 Å². The van der Waals surface area contributed by atoms with Crippen molar-refractivity contribution in [1.29, 1.82) is 0 Å². The third-order valence-electron chi connectivity index (χ3n) is 4.29. The standard InChI is InChI=1S/C21H23N3O3/c1-24(15-16-11-13-18(26-2)14-12-16)20(25)10-6-9-19-22-21(23-27-19)17-7-4-3-5-8-17/h3-5,7-8,11-14H,6,9-10,15H2,1-2H3. The van der Waals surface area contributed by atoms with Gasteiger partial charge >= 0.3 is 0 Å². The maximum absolute atomic E-state index is 12.3. The molecule has 0 aliphatic rings. The van der Waals surface area contributed by atoms with E-state index in [0.29, 0.717) is 37.5 Å². The number of rotatable bonds is 8. The van der Waals surface area contributed by atoms with E-state index in [1.54, 1.807) is 12.0 Å². The number of ether oxygens (including phenoxy) is 1. The van der Waals surface area contributed by atoms with E-state index in [2.05, 4.69) is 10.1 Å². The Bertz CT molecular complexity index is 860. The van der Waals surface area contributed by atoms with Gasteiger partial charge in [0.15, 0.2) is 0 Å². The Hall–Kier alpha value is -3.15. The van der Waals surface area contributed by atoms with E-state index in [1.807, 2.05) is 61.6 Å². The van der Waals surface area contributed by atoms with Crippen LogP contribution in [0.3, 0.4) is 0 Å². The molecule has 0 bridgehead atoms. The molecule has 0 aliphatic heterocycles. The molecule has 140 valence electrons. The fraction of sp³-hybridized carbons (Fsp3) is 0.286. The quantitative estimate of drug-likeness (QED) is 0.608. The summed E-state index contributed by atoms with van der Waals surface area (Å²) in [5.41, 5.74) is 1.99. The van der Waals surface area contributed by atoms with Gasteiger partial charge in [0, 0.05) is 32.0 Å². The summed E-state index contributed by atoms with van der Waals surface area (Å²) < 4.78 is 10.4. The molecule has 0 unspecified atom stereocenters. The van der Waals surface area contributed by atoms with Gasteiger partial charge in [-0.3, -0.25) is 4.79 Å². The maximum Gasteiger partial charge on any atom is 0.226 e. The molecule has 6 nitrogen and oxygen atoms in total. The highest BCUT2D eigenvalue weighted by molar-refractivity contribution is 5.75. The molecule has 2 aromatic carbocycles. The molecule has 1 amide bonds. The normalized spacial score (nSPS) is 10.6. The smallest absolute Gasteiger partial charge is 0.226 e. The zero-order valence-electron chi connectivity index (χ0n) is 15.6. The van der Waals surface area contributed by atoms with Crippen LogP contribution in [0.15, 0.2) is 59.1 Å². The van der Waals surface area contributed by atoms with E-state index in [4.69, 9.17) is 9.26 Å². The van der Waals surface area contributed by atoms with Crippen molar-refractivity contribution in [1.82, 2.24) is 15.0 Å². The van der Waals surface area contributed by atoms with Crippen LogP contribution in [-0.4, -0.2) is 35.1 Å². The molecular weight excluding hydrogens is 342 g/mol. The number of nitrogens with zero attached hydrogens (tertiary/aromatic N) is 3. The second kappa shape index (κ2) is 8.98. The molecule has 1 aromatic heterocycles. The first-order chi connectivity index (χ1) is 13.2. The lowest BCUT2D eigenvalue weighted by molar-refractivity contribution is -0.130. The number of aryl methyl sites for hydroxylation is 1. The van der Waals surface area contributed by atoms with Crippen LogP contribution < -0.4 is 4.74 Å². The average Bonchev–Trinajstić information content (AvgIpc) is 3.18. The Kier molecular flexibility index (Phi) is 6.20. The Labute approximate surface area is 158 Å². The molecule has 6 heteroatoms. The highest BCUT2D eigenvalue weighted by Crippen LogP contribution is 2.16. The summed E-state index contributed by atoms with van der Waals surface area (Å²) in [6, 6.07) is 17.4. The summed E-state index contributed by atoms with van der Waals surface area (Å²) in [5, 5.41) is 4.00. The SMILES string of the molecule is COc1ccc(CN(C)C(=O)CCCc2nc(-c3ccccc3)no2)cc1. The molecule has 1 heterocycles. The Balaban J connectivity index is 1.45. The van der Waals surface area contributed by atoms with Crippen molar-refractivity contribution in [3.05, 3.63) is 66.1 Å². The van der Waals surface area contributed by atoms with Crippen LogP contribution in [0.5, 0.6) is 5.75 Å². The summed E-state index contributed by atoms with van der Waals surface area (Å²) in [4.78, 5) is 18.4. The fourth-order valence-electron chi connectivity index (χ4n) is 2.74. The molecule has 3 rings (SSSR count). The molecule has 0 radical (unpaired) electrons. The summed E-state index contributed by atoms with van der Waals surface area (Å²) in [5.74, 6) is 2.03. The van der Waals surface area contributed by atoms with Crippen molar-refractivity contribution in [2.75, 3.05) is 14.2 Å². The largest absolute Gasteiger partial charge is 0.497 e. The number of carbonyl (C=O) groups excluding carboxylic acids is 1. The molecular formula is C21H23N3O3. The lowest BCUT2D eigenvalue weighted by Crippen LogP contribution is -2.25. The summed E-state index contributed by atoms with van der Waals surface area (Å²) >= 11 is 0. The van der Waals surface area contributed by atoms with Gasteiger partial charge in [0.2, 0.25) is 17.6 Å². The van der Waals surface area contributed by atoms with E-state index in [9.17, 15) is 4.79 Å². The molecule has 0 aliphatic carbocycles. The predicted octanol–water partition coefficient (Wildman–Crippen LogP) is 3.73. The number of hydrogen-bond donors (Lipinski definition) is 0. The van der Waals surface area contributed by atoms with E-state index in [1.165, 1.54) is 0 Å². The molecule has 0 spiro atoms. The van der Waals surface area contributed by atoms with Gasteiger partial charge < -0.3 is 14.2 Å². The van der Waals surface area contributed by atoms with E-state index in [-0.39, 0.29) is 5.91 Å². The van der Waals surface area contributed by atoms with Crippen LogP contribution in [0.2, 0.25) is 0 Å². The fourth-order valence-corrected chi connectivity index (χ4v) is 2.74. The summed E-state index contributed by atoms with van der Waals surface area (Å²) in [6.07, 6.45) is 1.69. The van der Waals surface area contributed by atoms with Crippen molar-refractivity contribution >= 4 is 5.91 Å².